The maximum Gasteiger partial charge on any atom is 0.151 e. The minimum absolute atomic E-state index is 0.842. The number of anilines is 2. The summed E-state index contributed by atoms with van der Waals surface area (Å²) in [6.45, 7) is 3.08. The first-order valence-electron chi connectivity index (χ1n) is 6.50. The second-order valence-corrected chi connectivity index (χ2v) is 6.97. The van der Waals surface area contributed by atoms with Crippen molar-refractivity contribution < 1.29 is 0 Å². The molecule has 1 fully saturated rings. The maximum atomic E-state index is 4.53. The molecule has 0 radical (unpaired) electrons. The van der Waals surface area contributed by atoms with Gasteiger partial charge in [-0.3, -0.25) is 0 Å². The van der Waals surface area contributed by atoms with Crippen LogP contribution in [0.25, 0.3) is 0 Å². The van der Waals surface area contributed by atoms with Gasteiger partial charge in [0.15, 0.2) is 5.82 Å². The average molecular weight is 338 g/mol. The van der Waals surface area contributed by atoms with Gasteiger partial charge in [0.2, 0.25) is 0 Å². The van der Waals surface area contributed by atoms with Crippen LogP contribution in [0.1, 0.15) is 18.4 Å². The molecule has 2 aromatic heterocycles. The van der Waals surface area contributed by atoms with E-state index in [1.807, 2.05) is 12.3 Å². The number of nitrogens with one attached hydrogen (secondary N) is 1. The molecule has 5 heteroatoms. The van der Waals surface area contributed by atoms with Gasteiger partial charge in [0, 0.05) is 25.8 Å². The summed E-state index contributed by atoms with van der Waals surface area (Å²) < 4.78 is 1.18. The predicted molar refractivity (Wildman–Crippen MR) is 85.0 cm³/mol. The summed E-state index contributed by atoms with van der Waals surface area (Å²) in [6.07, 6.45) is 4.42. The monoisotopic (exact) mass is 337 g/mol. The zero-order chi connectivity index (χ0) is 13.1. The quantitative estimate of drug-likeness (QED) is 0.909. The van der Waals surface area contributed by atoms with Crippen LogP contribution in [0.4, 0.5) is 11.5 Å². The molecule has 2 aromatic rings. The van der Waals surface area contributed by atoms with E-state index in [2.05, 4.69) is 48.6 Å². The third-order valence-corrected chi connectivity index (χ3v) is 4.85. The molecule has 19 heavy (non-hydrogen) atoms. The fraction of sp³-hybridized carbons (Fsp3) is 0.357. The Hall–Kier alpha value is -1.07. The highest BCUT2D eigenvalue weighted by atomic mass is 79.9. The van der Waals surface area contributed by atoms with Crippen LogP contribution in [0.3, 0.4) is 0 Å². The summed E-state index contributed by atoms with van der Waals surface area (Å²) >= 11 is 5.22. The van der Waals surface area contributed by atoms with Crippen LogP contribution in [-0.4, -0.2) is 18.1 Å². The molecule has 100 valence electrons. The first-order chi connectivity index (χ1) is 9.33. The van der Waals surface area contributed by atoms with E-state index in [-0.39, 0.29) is 0 Å². The minimum Gasteiger partial charge on any atom is -0.378 e. The summed E-state index contributed by atoms with van der Waals surface area (Å²) in [6, 6.07) is 6.26. The lowest BCUT2D eigenvalue weighted by Gasteiger charge is -2.20. The first kappa shape index (κ1) is 12.9. The Bertz CT molecular complexity index is 549. The number of hydrogen-bond acceptors (Lipinski definition) is 4. The van der Waals surface area contributed by atoms with Crippen LogP contribution in [0, 0.1) is 0 Å². The van der Waals surface area contributed by atoms with E-state index in [1.165, 1.54) is 22.2 Å². The summed E-state index contributed by atoms with van der Waals surface area (Å²) in [7, 11) is 0. The van der Waals surface area contributed by atoms with Crippen molar-refractivity contribution in [3.05, 3.63) is 39.1 Å². The van der Waals surface area contributed by atoms with Crippen molar-refractivity contribution in [3.63, 3.8) is 0 Å². The van der Waals surface area contributed by atoms with Gasteiger partial charge in [0.1, 0.15) is 0 Å². The highest BCUT2D eigenvalue weighted by molar-refractivity contribution is 9.11. The molecule has 0 unspecified atom stereocenters. The molecular weight excluding hydrogens is 322 g/mol. The number of aromatic nitrogens is 1. The highest BCUT2D eigenvalue weighted by Crippen LogP contribution is 2.27. The molecule has 0 bridgehead atoms. The molecule has 1 aliphatic heterocycles. The minimum atomic E-state index is 0.842. The Morgan fingerprint density at radius 2 is 2.21 bits per heavy atom. The van der Waals surface area contributed by atoms with Crippen molar-refractivity contribution in [2.24, 2.45) is 0 Å². The van der Waals surface area contributed by atoms with Crippen LogP contribution in [0.5, 0.6) is 0 Å². The van der Waals surface area contributed by atoms with E-state index < -0.39 is 0 Å². The smallest absolute Gasteiger partial charge is 0.151 e. The lowest BCUT2D eigenvalue weighted by Crippen LogP contribution is -2.20. The largest absolute Gasteiger partial charge is 0.378 e. The second kappa shape index (κ2) is 5.92. The van der Waals surface area contributed by atoms with Gasteiger partial charge in [0.25, 0.3) is 0 Å². The SMILES string of the molecule is Brc1cc(CNc2cccnc2N2CCCC2)cs1. The van der Waals surface area contributed by atoms with Gasteiger partial charge in [-0.05, 0) is 57.9 Å². The summed E-state index contributed by atoms with van der Waals surface area (Å²) in [5.41, 5.74) is 2.43. The van der Waals surface area contributed by atoms with Crippen LogP contribution < -0.4 is 10.2 Å². The predicted octanol–water partition coefficient (Wildman–Crippen LogP) is 4.12. The Balaban J connectivity index is 1.73. The number of nitrogens with zero attached hydrogens (tertiary/aromatic N) is 2. The molecule has 3 nitrogen and oxygen atoms in total. The van der Waals surface area contributed by atoms with E-state index in [1.54, 1.807) is 11.3 Å². The summed E-state index contributed by atoms with van der Waals surface area (Å²) in [5, 5.41) is 5.67. The number of thiophene rings is 1. The molecule has 0 atom stereocenters. The van der Waals surface area contributed by atoms with Crippen LogP contribution >= 0.6 is 27.3 Å². The lowest BCUT2D eigenvalue weighted by molar-refractivity contribution is 0.935. The normalized spacial score (nSPS) is 14.9. The van der Waals surface area contributed by atoms with Crippen LogP contribution in [-0.2, 0) is 6.54 Å². The van der Waals surface area contributed by atoms with E-state index in [9.17, 15) is 0 Å². The molecule has 0 amide bonds. The summed E-state index contributed by atoms with van der Waals surface area (Å²) in [5.74, 6) is 1.09. The topological polar surface area (TPSA) is 28.2 Å². The van der Waals surface area contributed by atoms with Crippen molar-refractivity contribution in [1.82, 2.24) is 4.98 Å². The zero-order valence-corrected chi connectivity index (χ0v) is 13.0. The van der Waals surface area contributed by atoms with Gasteiger partial charge < -0.3 is 10.2 Å². The van der Waals surface area contributed by atoms with E-state index in [0.29, 0.717) is 0 Å². The standard InChI is InChI=1S/C14H16BrN3S/c15-13-8-11(10-19-13)9-17-12-4-3-5-16-14(12)18-6-1-2-7-18/h3-5,8,10,17H,1-2,6-7,9H2. The number of halogens is 1. The first-order valence-corrected chi connectivity index (χ1v) is 8.17. The Kier molecular flexibility index (Phi) is 4.03. The average Bonchev–Trinajstić information content (AvgIpc) is 3.08. The summed E-state index contributed by atoms with van der Waals surface area (Å²) in [4.78, 5) is 6.90. The Morgan fingerprint density at radius 1 is 1.37 bits per heavy atom. The Labute approximate surface area is 125 Å². The molecule has 0 saturated carbocycles. The third kappa shape index (κ3) is 3.09. The van der Waals surface area contributed by atoms with Crippen LogP contribution in [0.15, 0.2) is 33.6 Å². The molecule has 3 heterocycles. The molecule has 1 N–H and O–H groups in total. The zero-order valence-electron chi connectivity index (χ0n) is 10.6. The van der Waals surface area contributed by atoms with Gasteiger partial charge in [-0.2, -0.15) is 0 Å². The van der Waals surface area contributed by atoms with Crippen molar-refractivity contribution in [1.29, 1.82) is 0 Å². The fourth-order valence-electron chi connectivity index (χ4n) is 2.35. The van der Waals surface area contributed by atoms with E-state index in [0.717, 1.165) is 31.1 Å². The van der Waals surface area contributed by atoms with Crippen molar-refractivity contribution in [3.8, 4) is 0 Å². The molecule has 0 aliphatic carbocycles. The third-order valence-electron chi connectivity index (χ3n) is 3.30. The molecule has 1 saturated heterocycles. The van der Waals surface area contributed by atoms with Crippen molar-refractivity contribution in [2.45, 2.75) is 19.4 Å². The van der Waals surface area contributed by atoms with E-state index in [4.69, 9.17) is 0 Å². The van der Waals surface area contributed by atoms with Gasteiger partial charge >= 0.3 is 0 Å². The van der Waals surface area contributed by atoms with E-state index >= 15 is 0 Å². The Morgan fingerprint density at radius 3 is 2.95 bits per heavy atom. The number of rotatable bonds is 4. The van der Waals surface area contributed by atoms with Crippen molar-refractivity contribution >= 4 is 38.8 Å². The molecular formula is C14H16BrN3S. The highest BCUT2D eigenvalue weighted by Gasteiger charge is 2.16. The molecule has 1 aliphatic rings. The van der Waals surface area contributed by atoms with Gasteiger partial charge in [-0.25, -0.2) is 4.98 Å². The lowest BCUT2D eigenvalue weighted by atomic mass is 10.3. The fourth-order valence-corrected chi connectivity index (χ4v) is 3.56. The molecule has 0 aromatic carbocycles. The van der Waals surface area contributed by atoms with Crippen molar-refractivity contribution in [2.75, 3.05) is 23.3 Å². The number of pyridine rings is 1. The number of hydrogen-bond donors (Lipinski definition) is 1. The second-order valence-electron chi connectivity index (χ2n) is 4.68. The van der Waals surface area contributed by atoms with Gasteiger partial charge in [-0.1, -0.05) is 0 Å². The maximum absolute atomic E-state index is 4.53. The molecule has 0 spiro atoms. The van der Waals surface area contributed by atoms with Crippen LogP contribution in [0.2, 0.25) is 0 Å². The molecule has 3 rings (SSSR count). The van der Waals surface area contributed by atoms with Gasteiger partial charge in [-0.15, -0.1) is 11.3 Å². The van der Waals surface area contributed by atoms with Gasteiger partial charge in [0.05, 0.1) is 9.47 Å².